The number of benzene rings is 1. The lowest BCUT2D eigenvalue weighted by molar-refractivity contribution is 0.539. The first-order chi connectivity index (χ1) is 6.45. The predicted octanol–water partition coefficient (Wildman–Crippen LogP) is 2.96. The standard InChI is InChI=1S/C12H20N2/c1-12(2,3)14(5)11-8-6-7-10(9-11)13-4/h6-9,13H,1-5H3. The fourth-order valence-electron chi connectivity index (χ4n) is 1.26. The summed E-state index contributed by atoms with van der Waals surface area (Å²) >= 11 is 0. The van der Waals surface area contributed by atoms with Gasteiger partial charge in [0, 0.05) is 31.0 Å². The molecule has 14 heavy (non-hydrogen) atoms. The van der Waals surface area contributed by atoms with Gasteiger partial charge >= 0.3 is 0 Å². The molecule has 0 aromatic heterocycles. The molecule has 1 rings (SSSR count). The molecule has 0 saturated carbocycles. The quantitative estimate of drug-likeness (QED) is 0.775. The van der Waals surface area contributed by atoms with Gasteiger partial charge < -0.3 is 10.2 Å². The second kappa shape index (κ2) is 3.91. The normalized spacial score (nSPS) is 11.2. The zero-order valence-electron chi connectivity index (χ0n) is 9.76. The molecule has 0 saturated heterocycles. The highest BCUT2D eigenvalue weighted by Gasteiger charge is 2.17. The maximum atomic E-state index is 3.15. The van der Waals surface area contributed by atoms with E-state index in [1.54, 1.807) is 0 Å². The number of nitrogens with one attached hydrogen (secondary N) is 1. The van der Waals surface area contributed by atoms with Crippen LogP contribution in [0.4, 0.5) is 11.4 Å². The largest absolute Gasteiger partial charge is 0.388 e. The molecule has 0 atom stereocenters. The van der Waals surface area contributed by atoms with Crippen molar-refractivity contribution in [3.05, 3.63) is 24.3 Å². The van der Waals surface area contributed by atoms with Crippen molar-refractivity contribution in [1.82, 2.24) is 0 Å². The third-order valence-corrected chi connectivity index (χ3v) is 2.53. The Hall–Kier alpha value is -1.18. The molecule has 1 N–H and O–H groups in total. The van der Waals surface area contributed by atoms with Gasteiger partial charge in [0.25, 0.3) is 0 Å². The molecule has 2 nitrogen and oxygen atoms in total. The van der Waals surface area contributed by atoms with Crippen LogP contribution in [0, 0.1) is 0 Å². The van der Waals surface area contributed by atoms with Crippen molar-refractivity contribution >= 4 is 11.4 Å². The second-order valence-corrected chi connectivity index (χ2v) is 4.53. The molecule has 0 unspecified atom stereocenters. The van der Waals surface area contributed by atoms with E-state index in [4.69, 9.17) is 0 Å². The van der Waals surface area contributed by atoms with Crippen molar-refractivity contribution in [2.75, 3.05) is 24.3 Å². The molecule has 0 radical (unpaired) electrons. The van der Waals surface area contributed by atoms with Crippen molar-refractivity contribution in [2.24, 2.45) is 0 Å². The van der Waals surface area contributed by atoms with Crippen LogP contribution in [0.25, 0.3) is 0 Å². The van der Waals surface area contributed by atoms with Crippen LogP contribution in [-0.4, -0.2) is 19.6 Å². The summed E-state index contributed by atoms with van der Waals surface area (Å²) in [5.41, 5.74) is 2.55. The van der Waals surface area contributed by atoms with E-state index >= 15 is 0 Å². The zero-order chi connectivity index (χ0) is 10.8. The van der Waals surface area contributed by atoms with E-state index in [1.165, 1.54) is 5.69 Å². The molecule has 0 bridgehead atoms. The Balaban J connectivity index is 2.95. The average Bonchev–Trinajstić information content (AvgIpc) is 2.15. The fourth-order valence-corrected chi connectivity index (χ4v) is 1.26. The lowest BCUT2D eigenvalue weighted by atomic mass is 10.1. The van der Waals surface area contributed by atoms with Crippen LogP contribution in [0.2, 0.25) is 0 Å². The maximum absolute atomic E-state index is 3.15. The molecule has 2 heteroatoms. The Bertz CT molecular complexity index is 299. The van der Waals surface area contributed by atoms with E-state index in [0.29, 0.717) is 0 Å². The van der Waals surface area contributed by atoms with E-state index in [2.05, 4.69) is 62.3 Å². The minimum Gasteiger partial charge on any atom is -0.388 e. The average molecular weight is 192 g/mol. The van der Waals surface area contributed by atoms with E-state index in [9.17, 15) is 0 Å². The first kappa shape index (κ1) is 10.9. The molecule has 0 heterocycles. The van der Waals surface area contributed by atoms with Crippen LogP contribution in [0.5, 0.6) is 0 Å². The van der Waals surface area contributed by atoms with Gasteiger partial charge in [0.2, 0.25) is 0 Å². The number of nitrogens with zero attached hydrogens (tertiary/aromatic N) is 1. The summed E-state index contributed by atoms with van der Waals surface area (Å²) in [6.07, 6.45) is 0. The molecule has 1 aromatic carbocycles. The van der Waals surface area contributed by atoms with Gasteiger partial charge in [0.05, 0.1) is 0 Å². The SMILES string of the molecule is CNc1cccc(N(C)C(C)(C)C)c1. The van der Waals surface area contributed by atoms with E-state index in [1.807, 2.05) is 7.05 Å². The predicted molar refractivity (Wildman–Crippen MR) is 64.1 cm³/mol. The molecular weight excluding hydrogens is 172 g/mol. The van der Waals surface area contributed by atoms with E-state index in [-0.39, 0.29) is 5.54 Å². The van der Waals surface area contributed by atoms with Gasteiger partial charge in [0.1, 0.15) is 0 Å². The van der Waals surface area contributed by atoms with Crippen LogP contribution in [0.1, 0.15) is 20.8 Å². The molecule has 0 aliphatic carbocycles. The Morgan fingerprint density at radius 2 is 1.86 bits per heavy atom. The highest BCUT2D eigenvalue weighted by molar-refractivity contribution is 5.58. The number of hydrogen-bond acceptors (Lipinski definition) is 2. The molecule has 0 aliphatic rings. The van der Waals surface area contributed by atoms with Gasteiger partial charge in [-0.15, -0.1) is 0 Å². The number of anilines is 2. The smallest absolute Gasteiger partial charge is 0.0388 e. The minimum absolute atomic E-state index is 0.159. The Labute approximate surface area is 86.9 Å². The summed E-state index contributed by atoms with van der Waals surface area (Å²) < 4.78 is 0. The molecular formula is C12H20N2. The molecule has 1 aromatic rings. The summed E-state index contributed by atoms with van der Waals surface area (Å²) in [7, 11) is 4.06. The van der Waals surface area contributed by atoms with Crippen LogP contribution >= 0.6 is 0 Å². The summed E-state index contributed by atoms with van der Waals surface area (Å²) in [6.45, 7) is 6.62. The van der Waals surface area contributed by atoms with Crippen LogP contribution in [0.15, 0.2) is 24.3 Å². The van der Waals surface area contributed by atoms with Crippen LogP contribution < -0.4 is 10.2 Å². The Morgan fingerprint density at radius 1 is 1.21 bits per heavy atom. The topological polar surface area (TPSA) is 15.3 Å². The van der Waals surface area contributed by atoms with Crippen LogP contribution in [0.3, 0.4) is 0 Å². The van der Waals surface area contributed by atoms with E-state index in [0.717, 1.165) is 5.69 Å². The number of hydrogen-bond donors (Lipinski definition) is 1. The molecule has 0 spiro atoms. The summed E-state index contributed by atoms with van der Waals surface area (Å²) in [5, 5.41) is 3.15. The molecule has 0 amide bonds. The van der Waals surface area contributed by atoms with Crippen molar-refractivity contribution < 1.29 is 0 Å². The van der Waals surface area contributed by atoms with Crippen LogP contribution in [-0.2, 0) is 0 Å². The number of rotatable bonds is 2. The van der Waals surface area contributed by atoms with Crippen molar-refractivity contribution in [3.8, 4) is 0 Å². The van der Waals surface area contributed by atoms with Crippen molar-refractivity contribution in [2.45, 2.75) is 26.3 Å². The lowest BCUT2D eigenvalue weighted by Gasteiger charge is -2.34. The van der Waals surface area contributed by atoms with Gasteiger partial charge in [-0.3, -0.25) is 0 Å². The fraction of sp³-hybridized carbons (Fsp3) is 0.500. The minimum atomic E-state index is 0.159. The maximum Gasteiger partial charge on any atom is 0.0388 e. The summed E-state index contributed by atoms with van der Waals surface area (Å²) in [4.78, 5) is 2.27. The van der Waals surface area contributed by atoms with E-state index < -0.39 is 0 Å². The molecule has 78 valence electrons. The third-order valence-electron chi connectivity index (χ3n) is 2.53. The van der Waals surface area contributed by atoms with Crippen molar-refractivity contribution in [1.29, 1.82) is 0 Å². The summed E-state index contributed by atoms with van der Waals surface area (Å²) in [6, 6.07) is 8.43. The lowest BCUT2D eigenvalue weighted by Crippen LogP contribution is -2.37. The first-order valence-electron chi connectivity index (χ1n) is 4.97. The first-order valence-corrected chi connectivity index (χ1v) is 4.97. The molecule has 0 aliphatic heterocycles. The highest BCUT2D eigenvalue weighted by atomic mass is 15.2. The second-order valence-electron chi connectivity index (χ2n) is 4.53. The zero-order valence-corrected chi connectivity index (χ0v) is 9.76. The monoisotopic (exact) mass is 192 g/mol. The van der Waals surface area contributed by atoms with Crippen molar-refractivity contribution in [3.63, 3.8) is 0 Å². The third kappa shape index (κ3) is 2.41. The van der Waals surface area contributed by atoms with Gasteiger partial charge in [0.15, 0.2) is 0 Å². The van der Waals surface area contributed by atoms with Gasteiger partial charge in [-0.1, -0.05) is 6.07 Å². The summed E-state index contributed by atoms with van der Waals surface area (Å²) in [5.74, 6) is 0. The van der Waals surface area contributed by atoms with Gasteiger partial charge in [-0.2, -0.15) is 0 Å². The Morgan fingerprint density at radius 3 is 2.36 bits per heavy atom. The van der Waals surface area contributed by atoms with Gasteiger partial charge in [-0.05, 0) is 39.0 Å². The molecule has 0 fully saturated rings. The Kier molecular flexibility index (Phi) is 3.04. The van der Waals surface area contributed by atoms with Gasteiger partial charge in [-0.25, -0.2) is 0 Å². The highest BCUT2D eigenvalue weighted by Crippen LogP contribution is 2.24.